The standard InChI is InChI=1S/C26H36N4O8/c1-12(32)28-10-14-8-17(29(2)3)15-6-13-7-16(18(11-31)30(4)5)26(38,19(33)9-20(27)34)25(37)21(13)24(36)22(15)23(14)35/h8,13,16,18,31,35-36,38H,6-7,9-11H2,1-5H3,(H2,27,34)(H,28,32)/t13-,16-,18?,26+/m0/s1. The Hall–Kier alpha value is -3.48. The minimum absolute atomic E-state index is 0.0226. The zero-order chi connectivity index (χ0) is 28.7. The van der Waals surface area contributed by atoms with Gasteiger partial charge >= 0.3 is 0 Å². The zero-order valence-corrected chi connectivity index (χ0v) is 22.2. The number of hydrogen-bond donors (Lipinski definition) is 6. The van der Waals surface area contributed by atoms with Crippen LogP contribution in [0.25, 0.3) is 5.76 Å². The maximum atomic E-state index is 13.9. The van der Waals surface area contributed by atoms with Crippen LogP contribution in [0.2, 0.25) is 0 Å². The van der Waals surface area contributed by atoms with Gasteiger partial charge in [-0.2, -0.15) is 0 Å². The fraction of sp³-hybridized carbons (Fsp3) is 0.538. The predicted octanol–water partition coefficient (Wildman–Crippen LogP) is -0.777. The minimum Gasteiger partial charge on any atom is -0.507 e. The van der Waals surface area contributed by atoms with Crippen LogP contribution < -0.4 is 16.0 Å². The lowest BCUT2D eigenvalue weighted by atomic mass is 9.59. The van der Waals surface area contributed by atoms with Crippen LogP contribution in [0.5, 0.6) is 5.75 Å². The molecule has 1 saturated carbocycles. The molecule has 38 heavy (non-hydrogen) atoms. The number of aliphatic hydroxyl groups is 3. The van der Waals surface area contributed by atoms with Crippen molar-refractivity contribution in [3.05, 3.63) is 28.3 Å². The predicted molar refractivity (Wildman–Crippen MR) is 138 cm³/mol. The number of Topliss-reactive ketones (excluding diaryl/α,β-unsaturated/α-hetero) is 2. The molecule has 0 spiro atoms. The molecule has 208 valence electrons. The first-order valence-corrected chi connectivity index (χ1v) is 12.3. The van der Waals surface area contributed by atoms with E-state index in [2.05, 4.69) is 5.32 Å². The molecule has 0 saturated heterocycles. The molecule has 12 heteroatoms. The van der Waals surface area contributed by atoms with Crippen molar-refractivity contribution in [3.8, 4) is 5.75 Å². The maximum absolute atomic E-state index is 13.9. The Morgan fingerprint density at radius 3 is 2.34 bits per heavy atom. The number of aliphatic hydroxyl groups excluding tert-OH is 2. The molecule has 3 rings (SSSR count). The summed E-state index contributed by atoms with van der Waals surface area (Å²) in [5, 5.41) is 46.9. The molecule has 0 aromatic heterocycles. The Kier molecular flexibility index (Phi) is 8.20. The summed E-state index contributed by atoms with van der Waals surface area (Å²) in [6.07, 6.45) is -0.698. The van der Waals surface area contributed by atoms with Crippen molar-refractivity contribution >= 4 is 34.8 Å². The van der Waals surface area contributed by atoms with Crippen LogP contribution in [-0.2, 0) is 32.1 Å². The normalized spacial score (nSPS) is 23.5. The van der Waals surface area contributed by atoms with Gasteiger partial charge in [0, 0.05) is 56.3 Å². The number of hydrogen-bond acceptors (Lipinski definition) is 10. The van der Waals surface area contributed by atoms with Crippen LogP contribution >= 0.6 is 0 Å². The number of primary amides is 1. The monoisotopic (exact) mass is 532 g/mol. The molecule has 1 unspecified atom stereocenters. The van der Waals surface area contributed by atoms with E-state index in [-0.39, 0.29) is 42.2 Å². The molecular weight excluding hydrogens is 496 g/mol. The fourth-order valence-electron chi connectivity index (χ4n) is 5.70. The number of carbonyl (C=O) groups is 4. The highest BCUT2D eigenvalue weighted by Crippen LogP contribution is 2.51. The maximum Gasteiger partial charge on any atom is 0.225 e. The summed E-state index contributed by atoms with van der Waals surface area (Å²) in [5.41, 5.74) is 3.69. The van der Waals surface area contributed by atoms with Crippen molar-refractivity contribution in [2.45, 2.75) is 44.4 Å². The largest absolute Gasteiger partial charge is 0.507 e. The molecule has 1 aromatic rings. The van der Waals surface area contributed by atoms with E-state index in [0.717, 1.165) is 0 Å². The number of nitrogens with one attached hydrogen (secondary N) is 1. The molecule has 2 aliphatic carbocycles. The number of fused-ring (bicyclic) bond motifs is 2. The van der Waals surface area contributed by atoms with Crippen LogP contribution in [0.1, 0.15) is 36.5 Å². The van der Waals surface area contributed by atoms with Gasteiger partial charge in [-0.15, -0.1) is 0 Å². The Bertz CT molecular complexity index is 1210. The van der Waals surface area contributed by atoms with Gasteiger partial charge in [0.2, 0.25) is 17.6 Å². The lowest BCUT2D eigenvalue weighted by molar-refractivity contribution is -0.163. The summed E-state index contributed by atoms with van der Waals surface area (Å²) < 4.78 is 0. The quantitative estimate of drug-likeness (QED) is 0.220. The summed E-state index contributed by atoms with van der Waals surface area (Å²) in [6.45, 7) is 0.794. The Labute approximate surface area is 220 Å². The van der Waals surface area contributed by atoms with Crippen molar-refractivity contribution in [1.29, 1.82) is 0 Å². The molecule has 0 bridgehead atoms. The fourth-order valence-corrected chi connectivity index (χ4v) is 5.70. The summed E-state index contributed by atoms with van der Waals surface area (Å²) in [4.78, 5) is 53.5. The summed E-state index contributed by atoms with van der Waals surface area (Å²) in [6, 6.07) is 0.862. The van der Waals surface area contributed by atoms with Gasteiger partial charge in [-0.05, 0) is 44.5 Å². The van der Waals surface area contributed by atoms with Crippen LogP contribution in [-0.4, -0.2) is 95.1 Å². The topological polar surface area (TPSA) is 194 Å². The van der Waals surface area contributed by atoms with Gasteiger partial charge in [0.05, 0.1) is 18.6 Å². The third-order valence-corrected chi connectivity index (χ3v) is 7.56. The molecule has 2 aliphatic rings. The van der Waals surface area contributed by atoms with E-state index < -0.39 is 59.7 Å². The van der Waals surface area contributed by atoms with Crippen molar-refractivity contribution in [2.24, 2.45) is 17.6 Å². The highest BCUT2D eigenvalue weighted by atomic mass is 16.3. The summed E-state index contributed by atoms with van der Waals surface area (Å²) in [7, 11) is 6.80. The molecule has 7 N–H and O–H groups in total. The van der Waals surface area contributed by atoms with Gasteiger partial charge < -0.3 is 41.3 Å². The number of nitrogens with zero attached hydrogens (tertiary/aromatic N) is 2. The average molecular weight is 533 g/mol. The molecule has 1 fully saturated rings. The molecule has 0 heterocycles. The second kappa shape index (κ2) is 10.7. The first-order valence-electron chi connectivity index (χ1n) is 12.3. The third kappa shape index (κ3) is 4.86. The summed E-state index contributed by atoms with van der Waals surface area (Å²) >= 11 is 0. The number of carbonyl (C=O) groups excluding carboxylic acids is 4. The number of phenolic OH excluding ortho intramolecular Hbond substituents is 1. The van der Waals surface area contributed by atoms with E-state index in [0.29, 0.717) is 16.8 Å². The Balaban J connectivity index is 2.28. The van der Waals surface area contributed by atoms with Crippen LogP contribution in [0.4, 0.5) is 5.69 Å². The average Bonchev–Trinajstić information content (AvgIpc) is 2.80. The van der Waals surface area contributed by atoms with Gasteiger partial charge in [0.15, 0.2) is 11.4 Å². The van der Waals surface area contributed by atoms with E-state index in [4.69, 9.17) is 5.73 Å². The van der Waals surface area contributed by atoms with E-state index in [1.54, 1.807) is 44.1 Å². The van der Waals surface area contributed by atoms with Crippen LogP contribution in [0.3, 0.4) is 0 Å². The van der Waals surface area contributed by atoms with E-state index in [1.807, 2.05) is 0 Å². The number of benzene rings is 1. The number of ketones is 2. The van der Waals surface area contributed by atoms with E-state index in [1.165, 1.54) is 6.92 Å². The number of phenols is 1. The van der Waals surface area contributed by atoms with Crippen molar-refractivity contribution in [3.63, 3.8) is 0 Å². The molecule has 1 aromatic carbocycles. The highest BCUT2D eigenvalue weighted by molar-refractivity contribution is 6.23. The van der Waals surface area contributed by atoms with Crippen molar-refractivity contribution < 1.29 is 39.6 Å². The molecule has 4 atom stereocenters. The van der Waals surface area contributed by atoms with Gasteiger partial charge in [0.25, 0.3) is 0 Å². The smallest absolute Gasteiger partial charge is 0.225 e. The highest BCUT2D eigenvalue weighted by Gasteiger charge is 2.60. The van der Waals surface area contributed by atoms with Crippen LogP contribution in [0, 0.1) is 11.8 Å². The minimum atomic E-state index is -2.74. The lowest BCUT2D eigenvalue weighted by Crippen LogP contribution is -2.64. The molecular formula is C26H36N4O8. The molecule has 2 amide bonds. The third-order valence-electron chi connectivity index (χ3n) is 7.56. The first kappa shape index (κ1) is 29.1. The number of aromatic hydroxyl groups is 1. The second-order valence-corrected chi connectivity index (χ2v) is 10.4. The first-order chi connectivity index (χ1) is 17.7. The molecule has 0 aliphatic heterocycles. The van der Waals surface area contributed by atoms with Crippen molar-refractivity contribution in [1.82, 2.24) is 10.2 Å². The second-order valence-electron chi connectivity index (χ2n) is 10.4. The van der Waals surface area contributed by atoms with Gasteiger partial charge in [-0.25, -0.2) is 0 Å². The van der Waals surface area contributed by atoms with Gasteiger partial charge in [-0.3, -0.25) is 19.2 Å². The van der Waals surface area contributed by atoms with Gasteiger partial charge in [-0.1, -0.05) is 0 Å². The number of anilines is 1. The number of nitrogens with two attached hydrogens (primary N) is 1. The number of amides is 2. The van der Waals surface area contributed by atoms with E-state index >= 15 is 0 Å². The molecule has 12 nitrogen and oxygen atoms in total. The van der Waals surface area contributed by atoms with Crippen molar-refractivity contribution in [2.75, 3.05) is 39.7 Å². The van der Waals surface area contributed by atoms with Gasteiger partial charge in [0.1, 0.15) is 11.5 Å². The van der Waals surface area contributed by atoms with E-state index in [9.17, 15) is 39.6 Å². The number of rotatable bonds is 9. The zero-order valence-electron chi connectivity index (χ0n) is 22.2. The number of likely N-dealkylation sites (N-methyl/N-ethyl adjacent to an activating group) is 1. The summed E-state index contributed by atoms with van der Waals surface area (Å²) in [5.74, 6) is -6.27. The SMILES string of the molecule is CC(=O)NCc1cc(N(C)C)c2c(c1O)C(O)=C1C(=O)[C@](O)(C(=O)CC(N)=O)[C@H](C(CO)N(C)C)C[C@@H]1C2. The Morgan fingerprint density at radius 1 is 1.21 bits per heavy atom. The van der Waals surface area contributed by atoms with Crippen LogP contribution in [0.15, 0.2) is 11.6 Å². The lowest BCUT2D eigenvalue weighted by Gasteiger charge is -2.47. The Morgan fingerprint density at radius 2 is 1.84 bits per heavy atom. The molecule has 0 radical (unpaired) electrons.